The van der Waals surface area contributed by atoms with Crippen LogP contribution in [0.25, 0.3) is 6.08 Å². The normalized spacial score (nSPS) is 10.9. The number of rotatable bonds is 5. The van der Waals surface area contributed by atoms with E-state index in [0.717, 1.165) is 16.7 Å². The molecule has 25 heavy (non-hydrogen) atoms. The molecule has 0 aromatic heterocycles. The van der Waals surface area contributed by atoms with Crippen LogP contribution in [0.2, 0.25) is 0 Å². The summed E-state index contributed by atoms with van der Waals surface area (Å²) in [5.41, 5.74) is 2.64. The van der Waals surface area contributed by atoms with Gasteiger partial charge in [-0.1, -0.05) is 72.8 Å². The van der Waals surface area contributed by atoms with Gasteiger partial charge in [0.05, 0.1) is 0 Å². The summed E-state index contributed by atoms with van der Waals surface area (Å²) in [6, 6.07) is 25.9. The van der Waals surface area contributed by atoms with E-state index >= 15 is 0 Å². The molecule has 0 aliphatic heterocycles. The van der Waals surface area contributed by atoms with Crippen LogP contribution < -0.4 is 0 Å². The number of hydrogen-bond donors (Lipinski definition) is 1. The fourth-order valence-electron chi connectivity index (χ4n) is 2.49. The molecule has 3 heteroatoms. The Morgan fingerprint density at radius 2 is 1.32 bits per heavy atom. The summed E-state index contributed by atoms with van der Waals surface area (Å²) >= 11 is 0. The minimum Gasteiger partial charge on any atom is -0.508 e. The van der Waals surface area contributed by atoms with Crippen molar-refractivity contribution in [1.82, 2.24) is 0 Å². The Kier molecular flexibility index (Phi) is 5.27. The van der Waals surface area contributed by atoms with Crippen molar-refractivity contribution < 1.29 is 14.6 Å². The Bertz CT molecular complexity index is 798. The molecule has 0 saturated carbocycles. The molecule has 0 aliphatic rings. The van der Waals surface area contributed by atoms with Gasteiger partial charge in [0.1, 0.15) is 5.75 Å². The lowest BCUT2D eigenvalue weighted by molar-refractivity contribution is -0.141. The number of carbonyl (C=O) groups excluding carboxylic acids is 1. The Hall–Kier alpha value is -3.33. The lowest BCUT2D eigenvalue weighted by Gasteiger charge is -2.18. The molecule has 0 amide bonds. The van der Waals surface area contributed by atoms with Crippen molar-refractivity contribution in [3.63, 3.8) is 0 Å². The number of phenols is 1. The van der Waals surface area contributed by atoms with Gasteiger partial charge in [-0.15, -0.1) is 0 Å². The number of ether oxygens (including phenoxy) is 1. The second-order valence-electron chi connectivity index (χ2n) is 5.56. The number of phenolic OH excluding ortho intramolecular Hbond substituents is 1. The standard InChI is InChI=1S/C22H18O3/c23-20-14-11-17(12-15-20)13-16-21(24)25-22(18-7-3-1-4-8-18)19-9-5-2-6-10-19/h1-16,22-23H. The molecule has 0 radical (unpaired) electrons. The largest absolute Gasteiger partial charge is 0.508 e. The van der Waals surface area contributed by atoms with E-state index in [1.807, 2.05) is 60.7 Å². The molecule has 124 valence electrons. The molecule has 0 atom stereocenters. The topological polar surface area (TPSA) is 46.5 Å². The lowest BCUT2D eigenvalue weighted by atomic mass is 10.0. The number of benzene rings is 3. The minimum absolute atomic E-state index is 0.188. The van der Waals surface area contributed by atoms with Crippen molar-refractivity contribution in [3.8, 4) is 5.75 Å². The summed E-state index contributed by atoms with van der Waals surface area (Å²) in [6.07, 6.45) is 2.60. The molecule has 0 bridgehead atoms. The van der Waals surface area contributed by atoms with Crippen LogP contribution in [0.5, 0.6) is 5.75 Å². The van der Waals surface area contributed by atoms with Crippen LogP contribution in [0.15, 0.2) is 91.0 Å². The zero-order valence-electron chi connectivity index (χ0n) is 13.6. The van der Waals surface area contributed by atoms with Gasteiger partial charge in [-0.05, 0) is 34.9 Å². The lowest BCUT2D eigenvalue weighted by Crippen LogP contribution is -2.10. The Morgan fingerprint density at radius 1 is 0.800 bits per heavy atom. The Labute approximate surface area is 146 Å². The van der Waals surface area contributed by atoms with E-state index in [0.29, 0.717) is 0 Å². The number of carbonyl (C=O) groups is 1. The number of esters is 1. The van der Waals surface area contributed by atoms with E-state index in [9.17, 15) is 9.90 Å². The van der Waals surface area contributed by atoms with E-state index in [2.05, 4.69) is 0 Å². The highest BCUT2D eigenvalue weighted by Crippen LogP contribution is 2.26. The van der Waals surface area contributed by atoms with Gasteiger partial charge in [0.2, 0.25) is 0 Å². The number of hydrogen-bond acceptors (Lipinski definition) is 3. The quantitative estimate of drug-likeness (QED) is 0.543. The highest BCUT2D eigenvalue weighted by atomic mass is 16.5. The summed E-state index contributed by atoms with van der Waals surface area (Å²) in [7, 11) is 0. The van der Waals surface area contributed by atoms with Crippen molar-refractivity contribution >= 4 is 12.0 Å². The predicted octanol–water partition coefficient (Wildman–Crippen LogP) is 4.74. The maximum Gasteiger partial charge on any atom is 0.331 e. The van der Waals surface area contributed by atoms with Crippen molar-refractivity contribution in [1.29, 1.82) is 0 Å². The van der Waals surface area contributed by atoms with Crippen LogP contribution in [0.3, 0.4) is 0 Å². The molecule has 0 heterocycles. The third-order valence-corrected chi connectivity index (χ3v) is 3.74. The summed E-state index contributed by atoms with van der Waals surface area (Å²) in [5.74, 6) is -0.237. The van der Waals surface area contributed by atoms with Crippen LogP contribution in [-0.2, 0) is 9.53 Å². The predicted molar refractivity (Wildman–Crippen MR) is 98.0 cm³/mol. The van der Waals surface area contributed by atoms with Crippen LogP contribution in [0.1, 0.15) is 22.8 Å². The zero-order chi connectivity index (χ0) is 17.5. The first-order valence-electron chi connectivity index (χ1n) is 8.00. The first-order valence-corrected chi connectivity index (χ1v) is 8.00. The van der Waals surface area contributed by atoms with Gasteiger partial charge in [0, 0.05) is 6.08 Å². The van der Waals surface area contributed by atoms with E-state index < -0.39 is 12.1 Å². The third kappa shape index (κ3) is 4.58. The maximum atomic E-state index is 12.3. The van der Waals surface area contributed by atoms with E-state index in [-0.39, 0.29) is 5.75 Å². The SMILES string of the molecule is O=C(C=Cc1ccc(O)cc1)OC(c1ccccc1)c1ccccc1. The van der Waals surface area contributed by atoms with Crippen molar-refractivity contribution in [3.05, 3.63) is 108 Å². The van der Waals surface area contributed by atoms with Crippen LogP contribution >= 0.6 is 0 Å². The van der Waals surface area contributed by atoms with Gasteiger partial charge in [-0.3, -0.25) is 0 Å². The first-order chi connectivity index (χ1) is 12.2. The summed E-state index contributed by atoms with van der Waals surface area (Å²) in [6.45, 7) is 0. The van der Waals surface area contributed by atoms with Gasteiger partial charge in [0.15, 0.2) is 6.10 Å². The smallest absolute Gasteiger partial charge is 0.331 e. The highest BCUT2D eigenvalue weighted by Gasteiger charge is 2.17. The summed E-state index contributed by atoms with van der Waals surface area (Å²) in [5, 5.41) is 9.29. The molecule has 0 spiro atoms. The molecule has 1 N–H and O–H groups in total. The average Bonchev–Trinajstić information content (AvgIpc) is 2.67. The summed E-state index contributed by atoms with van der Waals surface area (Å²) < 4.78 is 5.69. The third-order valence-electron chi connectivity index (χ3n) is 3.74. The second-order valence-corrected chi connectivity index (χ2v) is 5.56. The second kappa shape index (κ2) is 7.97. The molecule has 3 aromatic carbocycles. The zero-order valence-corrected chi connectivity index (χ0v) is 13.6. The molecule has 3 aromatic rings. The Morgan fingerprint density at radius 3 is 1.84 bits per heavy atom. The van der Waals surface area contributed by atoms with E-state index in [1.54, 1.807) is 30.3 Å². The fourth-order valence-corrected chi connectivity index (χ4v) is 2.49. The summed E-state index contributed by atoms with van der Waals surface area (Å²) in [4.78, 5) is 12.3. The van der Waals surface area contributed by atoms with Crippen LogP contribution in [0, 0.1) is 0 Å². The molecule has 0 aliphatic carbocycles. The first kappa shape index (κ1) is 16.5. The van der Waals surface area contributed by atoms with Gasteiger partial charge in [0.25, 0.3) is 0 Å². The van der Waals surface area contributed by atoms with Gasteiger partial charge < -0.3 is 9.84 Å². The molecular formula is C22H18O3. The maximum absolute atomic E-state index is 12.3. The van der Waals surface area contributed by atoms with Crippen LogP contribution in [0.4, 0.5) is 0 Å². The van der Waals surface area contributed by atoms with E-state index in [1.165, 1.54) is 6.08 Å². The fraction of sp³-hybridized carbons (Fsp3) is 0.0455. The molecule has 0 saturated heterocycles. The molecular weight excluding hydrogens is 312 g/mol. The average molecular weight is 330 g/mol. The molecule has 3 rings (SSSR count). The Balaban J connectivity index is 1.78. The van der Waals surface area contributed by atoms with E-state index in [4.69, 9.17) is 4.74 Å². The van der Waals surface area contributed by atoms with Gasteiger partial charge >= 0.3 is 5.97 Å². The monoisotopic (exact) mass is 330 g/mol. The number of aromatic hydroxyl groups is 1. The molecule has 0 fully saturated rings. The molecule has 3 nitrogen and oxygen atoms in total. The van der Waals surface area contributed by atoms with Crippen molar-refractivity contribution in [2.75, 3.05) is 0 Å². The van der Waals surface area contributed by atoms with Crippen LogP contribution in [-0.4, -0.2) is 11.1 Å². The van der Waals surface area contributed by atoms with Crippen molar-refractivity contribution in [2.24, 2.45) is 0 Å². The van der Waals surface area contributed by atoms with Crippen molar-refractivity contribution in [2.45, 2.75) is 6.10 Å². The molecule has 0 unspecified atom stereocenters. The highest BCUT2D eigenvalue weighted by molar-refractivity contribution is 5.87. The van der Waals surface area contributed by atoms with Gasteiger partial charge in [-0.25, -0.2) is 4.79 Å². The van der Waals surface area contributed by atoms with Gasteiger partial charge in [-0.2, -0.15) is 0 Å². The minimum atomic E-state index is -0.459.